The topological polar surface area (TPSA) is 36.4 Å². The first kappa shape index (κ1) is 11.6. The predicted molar refractivity (Wildman–Crippen MR) is 69.9 cm³/mol. The Hall–Kier alpha value is -1.46. The fourth-order valence-corrected chi connectivity index (χ4v) is 3.04. The van der Waals surface area contributed by atoms with Gasteiger partial charge in [-0.2, -0.15) is 0 Å². The zero-order valence-corrected chi connectivity index (χ0v) is 10.7. The van der Waals surface area contributed by atoms with E-state index < -0.39 is 6.10 Å². The molecule has 18 heavy (non-hydrogen) atoms. The van der Waals surface area contributed by atoms with E-state index in [1.165, 1.54) is 17.4 Å². The van der Waals surface area contributed by atoms with Crippen LogP contribution in [0.4, 0.5) is 15.2 Å². The molecule has 94 valence electrons. The van der Waals surface area contributed by atoms with Crippen LogP contribution < -0.4 is 4.90 Å². The monoisotopic (exact) mass is 264 g/mol. The highest BCUT2D eigenvalue weighted by Gasteiger charge is 2.23. The molecule has 0 amide bonds. The highest BCUT2D eigenvalue weighted by molar-refractivity contribution is 7.15. The van der Waals surface area contributed by atoms with Gasteiger partial charge in [0.25, 0.3) is 0 Å². The second kappa shape index (κ2) is 4.33. The van der Waals surface area contributed by atoms with Gasteiger partial charge in [0.15, 0.2) is 5.13 Å². The Morgan fingerprint density at radius 1 is 1.50 bits per heavy atom. The number of halogens is 1. The van der Waals surface area contributed by atoms with Crippen molar-refractivity contribution in [2.75, 3.05) is 11.4 Å². The SMILES string of the molecule is CC(O)c1cnc(N2CCc3ccc(F)cc32)s1. The van der Waals surface area contributed by atoms with Crippen LogP contribution in [0.1, 0.15) is 23.5 Å². The van der Waals surface area contributed by atoms with Crippen LogP contribution in [0, 0.1) is 5.82 Å². The zero-order valence-electron chi connectivity index (χ0n) is 9.93. The molecule has 1 N–H and O–H groups in total. The van der Waals surface area contributed by atoms with E-state index in [2.05, 4.69) is 4.98 Å². The first-order valence-corrected chi connectivity index (χ1v) is 6.66. The average molecular weight is 264 g/mol. The van der Waals surface area contributed by atoms with Crippen LogP contribution >= 0.6 is 11.3 Å². The molecule has 1 aromatic carbocycles. The molecule has 0 radical (unpaired) electrons. The number of anilines is 2. The second-order valence-electron chi connectivity index (χ2n) is 4.40. The highest BCUT2D eigenvalue weighted by atomic mass is 32.1. The minimum Gasteiger partial charge on any atom is -0.388 e. The maximum atomic E-state index is 13.3. The van der Waals surface area contributed by atoms with Crippen molar-refractivity contribution in [3.63, 3.8) is 0 Å². The van der Waals surface area contributed by atoms with E-state index >= 15 is 0 Å². The van der Waals surface area contributed by atoms with Gasteiger partial charge in [-0.15, -0.1) is 0 Å². The molecule has 3 rings (SSSR count). The predicted octanol–water partition coefficient (Wildman–Crippen LogP) is 3.03. The van der Waals surface area contributed by atoms with Gasteiger partial charge in [0.2, 0.25) is 0 Å². The van der Waals surface area contributed by atoms with Crippen LogP contribution in [0.5, 0.6) is 0 Å². The molecule has 0 aliphatic carbocycles. The van der Waals surface area contributed by atoms with Crippen molar-refractivity contribution in [2.45, 2.75) is 19.4 Å². The zero-order chi connectivity index (χ0) is 12.7. The third-order valence-corrected chi connectivity index (χ3v) is 4.29. The van der Waals surface area contributed by atoms with Crippen LogP contribution in [0.25, 0.3) is 0 Å². The normalized spacial score (nSPS) is 15.8. The Morgan fingerprint density at radius 3 is 3.06 bits per heavy atom. The van der Waals surface area contributed by atoms with Crippen LogP contribution in [0.2, 0.25) is 0 Å². The second-order valence-corrected chi connectivity index (χ2v) is 5.44. The largest absolute Gasteiger partial charge is 0.388 e. The molecule has 1 aliphatic heterocycles. The molecule has 3 nitrogen and oxygen atoms in total. The van der Waals surface area contributed by atoms with Crippen molar-refractivity contribution in [1.82, 2.24) is 4.98 Å². The molecule has 2 heterocycles. The molecular formula is C13H13FN2OS. The highest BCUT2D eigenvalue weighted by Crippen LogP contribution is 2.37. The molecule has 1 unspecified atom stereocenters. The summed E-state index contributed by atoms with van der Waals surface area (Å²) in [6.45, 7) is 2.53. The fraction of sp³-hybridized carbons (Fsp3) is 0.308. The molecule has 0 saturated heterocycles. The molecule has 5 heteroatoms. The smallest absolute Gasteiger partial charge is 0.190 e. The summed E-state index contributed by atoms with van der Waals surface area (Å²) in [5.74, 6) is -0.229. The molecular weight excluding hydrogens is 251 g/mol. The molecule has 1 aromatic heterocycles. The lowest BCUT2D eigenvalue weighted by molar-refractivity contribution is 0.203. The third kappa shape index (κ3) is 1.89. The average Bonchev–Trinajstić information content (AvgIpc) is 2.93. The van der Waals surface area contributed by atoms with Crippen molar-refractivity contribution in [1.29, 1.82) is 0 Å². The van der Waals surface area contributed by atoms with E-state index in [-0.39, 0.29) is 5.82 Å². The van der Waals surface area contributed by atoms with Gasteiger partial charge in [-0.3, -0.25) is 0 Å². The lowest BCUT2D eigenvalue weighted by atomic mass is 10.2. The molecule has 0 saturated carbocycles. The van der Waals surface area contributed by atoms with E-state index in [1.54, 1.807) is 19.2 Å². The summed E-state index contributed by atoms with van der Waals surface area (Å²) in [6.07, 6.45) is 2.08. The van der Waals surface area contributed by atoms with E-state index in [0.717, 1.165) is 34.2 Å². The number of nitrogens with zero attached hydrogens (tertiary/aromatic N) is 2. The van der Waals surface area contributed by atoms with Gasteiger partial charge >= 0.3 is 0 Å². The summed E-state index contributed by atoms with van der Waals surface area (Å²) >= 11 is 1.45. The minimum atomic E-state index is -0.508. The van der Waals surface area contributed by atoms with Crippen molar-refractivity contribution in [3.8, 4) is 0 Å². The number of hydrogen-bond donors (Lipinski definition) is 1. The lowest BCUT2D eigenvalue weighted by Gasteiger charge is -2.15. The van der Waals surface area contributed by atoms with Crippen LogP contribution in [-0.4, -0.2) is 16.6 Å². The maximum Gasteiger partial charge on any atom is 0.190 e. The molecule has 0 bridgehead atoms. The summed E-state index contributed by atoms with van der Waals surface area (Å²) in [5, 5.41) is 10.3. The van der Waals surface area contributed by atoms with Gasteiger partial charge in [0.05, 0.1) is 11.0 Å². The van der Waals surface area contributed by atoms with Gasteiger partial charge in [0.1, 0.15) is 5.82 Å². The Balaban J connectivity index is 1.97. The molecule has 1 atom stereocenters. The number of thiazole rings is 1. The van der Waals surface area contributed by atoms with Crippen LogP contribution in [-0.2, 0) is 6.42 Å². The van der Waals surface area contributed by atoms with Crippen LogP contribution in [0.3, 0.4) is 0 Å². The van der Waals surface area contributed by atoms with Gasteiger partial charge in [-0.25, -0.2) is 9.37 Å². The number of aliphatic hydroxyl groups is 1. The standard InChI is InChI=1S/C13H13FN2OS/c1-8(17)12-7-15-13(18-12)16-5-4-9-2-3-10(14)6-11(9)16/h2-3,6-8,17H,4-5H2,1H3. The van der Waals surface area contributed by atoms with Crippen molar-refractivity contribution in [2.24, 2.45) is 0 Å². The van der Waals surface area contributed by atoms with Gasteiger partial charge in [-0.05, 0) is 31.0 Å². The van der Waals surface area contributed by atoms with E-state index in [4.69, 9.17) is 0 Å². The number of aliphatic hydroxyl groups excluding tert-OH is 1. The number of aromatic nitrogens is 1. The fourth-order valence-electron chi connectivity index (χ4n) is 2.15. The number of rotatable bonds is 2. The summed E-state index contributed by atoms with van der Waals surface area (Å²) < 4.78 is 13.3. The molecule has 2 aromatic rings. The summed E-state index contributed by atoms with van der Waals surface area (Å²) in [4.78, 5) is 7.15. The maximum absolute atomic E-state index is 13.3. The Labute approximate surface area is 109 Å². The Bertz CT molecular complexity index is 582. The number of fused-ring (bicyclic) bond motifs is 1. The molecule has 0 fully saturated rings. The van der Waals surface area contributed by atoms with Crippen LogP contribution in [0.15, 0.2) is 24.4 Å². The van der Waals surface area contributed by atoms with E-state index in [0.29, 0.717) is 0 Å². The van der Waals surface area contributed by atoms with E-state index in [1.807, 2.05) is 11.0 Å². The lowest BCUT2D eigenvalue weighted by Crippen LogP contribution is -2.12. The number of benzene rings is 1. The summed E-state index contributed by atoms with van der Waals surface area (Å²) in [5.41, 5.74) is 2.03. The van der Waals surface area contributed by atoms with Gasteiger partial charge in [0, 0.05) is 18.4 Å². The summed E-state index contributed by atoms with van der Waals surface area (Å²) in [6, 6.07) is 4.87. The minimum absolute atomic E-state index is 0.229. The summed E-state index contributed by atoms with van der Waals surface area (Å²) in [7, 11) is 0. The molecule has 1 aliphatic rings. The van der Waals surface area contributed by atoms with E-state index in [9.17, 15) is 9.50 Å². The van der Waals surface area contributed by atoms with Crippen molar-refractivity contribution in [3.05, 3.63) is 40.7 Å². The van der Waals surface area contributed by atoms with Crippen molar-refractivity contribution >= 4 is 22.2 Å². The quantitative estimate of drug-likeness (QED) is 0.905. The molecule has 0 spiro atoms. The van der Waals surface area contributed by atoms with Gasteiger partial charge < -0.3 is 10.0 Å². The third-order valence-electron chi connectivity index (χ3n) is 3.10. The number of hydrogen-bond acceptors (Lipinski definition) is 4. The first-order chi connectivity index (χ1) is 8.65. The van der Waals surface area contributed by atoms with Crippen molar-refractivity contribution < 1.29 is 9.50 Å². The Morgan fingerprint density at radius 2 is 2.33 bits per heavy atom. The first-order valence-electron chi connectivity index (χ1n) is 5.85. The van der Waals surface area contributed by atoms with Gasteiger partial charge in [-0.1, -0.05) is 17.4 Å². The Kier molecular flexibility index (Phi) is 2.80.